The van der Waals surface area contributed by atoms with Crippen LogP contribution in [0.3, 0.4) is 0 Å². The van der Waals surface area contributed by atoms with Gasteiger partial charge >= 0.3 is 0 Å². The molecule has 0 amide bonds. The van der Waals surface area contributed by atoms with Crippen molar-refractivity contribution < 1.29 is 4.74 Å². The zero-order valence-corrected chi connectivity index (χ0v) is 12.2. The van der Waals surface area contributed by atoms with E-state index in [9.17, 15) is 0 Å². The highest BCUT2D eigenvalue weighted by atomic mass is 16.5. The van der Waals surface area contributed by atoms with Crippen LogP contribution in [0.2, 0.25) is 0 Å². The smallest absolute Gasteiger partial charge is 0.159 e. The van der Waals surface area contributed by atoms with Crippen molar-refractivity contribution >= 4 is 5.82 Å². The Hall–Kier alpha value is -1.16. The van der Waals surface area contributed by atoms with Gasteiger partial charge in [0.05, 0.1) is 0 Å². The van der Waals surface area contributed by atoms with Crippen molar-refractivity contribution in [2.75, 3.05) is 12.3 Å². The molecule has 1 fully saturated rings. The second-order valence-electron chi connectivity index (χ2n) is 5.68. The maximum atomic E-state index is 5.95. The molecule has 1 saturated carbocycles. The number of rotatable bonds is 5. The molecule has 0 radical (unpaired) electrons. The van der Waals surface area contributed by atoms with E-state index in [1.165, 1.54) is 25.7 Å². The summed E-state index contributed by atoms with van der Waals surface area (Å²) in [5, 5.41) is 0. The fraction of sp³-hybridized carbons (Fsp3) is 0.733. The topological polar surface area (TPSA) is 61.0 Å². The molecule has 1 heterocycles. The predicted molar refractivity (Wildman–Crippen MR) is 76.9 cm³/mol. The first-order valence-electron chi connectivity index (χ1n) is 7.37. The summed E-state index contributed by atoms with van der Waals surface area (Å²) < 4.78 is 5.78. The molecule has 2 N–H and O–H groups in total. The third-order valence-electron chi connectivity index (χ3n) is 3.76. The third-order valence-corrected chi connectivity index (χ3v) is 3.76. The van der Waals surface area contributed by atoms with Gasteiger partial charge in [0.2, 0.25) is 0 Å². The van der Waals surface area contributed by atoms with E-state index in [0.717, 1.165) is 11.5 Å². The number of nitrogen functional groups attached to an aromatic ring is 1. The molecule has 1 aromatic heterocycles. The fourth-order valence-electron chi connectivity index (χ4n) is 2.81. The van der Waals surface area contributed by atoms with E-state index in [1.807, 2.05) is 13.0 Å². The normalized spacial score (nSPS) is 18.1. The van der Waals surface area contributed by atoms with Crippen molar-refractivity contribution in [3.63, 3.8) is 0 Å². The van der Waals surface area contributed by atoms with E-state index in [2.05, 4.69) is 18.8 Å². The van der Waals surface area contributed by atoms with Crippen molar-refractivity contribution in [3.05, 3.63) is 17.6 Å². The average Bonchev–Trinajstić information content (AvgIpc) is 2.88. The van der Waals surface area contributed by atoms with Crippen LogP contribution in [0, 0.1) is 5.92 Å². The van der Waals surface area contributed by atoms with Gasteiger partial charge in [-0.15, -0.1) is 0 Å². The molecule has 106 valence electrons. The van der Waals surface area contributed by atoms with Gasteiger partial charge in [0.15, 0.2) is 5.82 Å². The summed E-state index contributed by atoms with van der Waals surface area (Å²) >= 11 is 0. The molecule has 2 rings (SSSR count). The number of anilines is 1. The van der Waals surface area contributed by atoms with Crippen molar-refractivity contribution in [1.29, 1.82) is 0 Å². The van der Waals surface area contributed by atoms with Gasteiger partial charge in [0, 0.05) is 24.3 Å². The number of hydrogen-bond acceptors (Lipinski definition) is 4. The molecule has 1 aliphatic carbocycles. The molecular weight excluding hydrogens is 238 g/mol. The lowest BCUT2D eigenvalue weighted by atomic mass is 10.0. The van der Waals surface area contributed by atoms with Crippen LogP contribution in [0.25, 0.3) is 0 Å². The maximum absolute atomic E-state index is 5.95. The van der Waals surface area contributed by atoms with Crippen LogP contribution in [-0.2, 0) is 4.74 Å². The minimum Gasteiger partial charge on any atom is -0.384 e. The van der Waals surface area contributed by atoms with Gasteiger partial charge < -0.3 is 10.5 Å². The summed E-state index contributed by atoms with van der Waals surface area (Å²) in [4.78, 5) is 9.13. The highest BCUT2D eigenvalue weighted by Crippen LogP contribution is 2.34. The van der Waals surface area contributed by atoms with Crippen LogP contribution in [0.5, 0.6) is 0 Å². The van der Waals surface area contributed by atoms with Gasteiger partial charge in [-0.3, -0.25) is 0 Å². The lowest BCUT2D eigenvalue weighted by molar-refractivity contribution is 0.0231. The Bertz CT molecular complexity index is 414. The van der Waals surface area contributed by atoms with Crippen LogP contribution in [0.15, 0.2) is 6.07 Å². The van der Waals surface area contributed by atoms with Gasteiger partial charge in [-0.05, 0) is 25.7 Å². The second kappa shape index (κ2) is 6.33. The van der Waals surface area contributed by atoms with Gasteiger partial charge in [0.1, 0.15) is 11.9 Å². The first-order chi connectivity index (χ1) is 9.11. The Morgan fingerprint density at radius 2 is 2.00 bits per heavy atom. The first kappa shape index (κ1) is 14.3. The summed E-state index contributed by atoms with van der Waals surface area (Å²) in [7, 11) is 0. The molecule has 1 unspecified atom stereocenters. The molecule has 1 aromatic rings. The summed E-state index contributed by atoms with van der Waals surface area (Å²) in [5.41, 5.74) is 7.06. The van der Waals surface area contributed by atoms with E-state index < -0.39 is 0 Å². The molecule has 4 nitrogen and oxygen atoms in total. The summed E-state index contributed by atoms with van der Waals surface area (Å²) in [6, 6.07) is 1.93. The largest absolute Gasteiger partial charge is 0.384 e. The van der Waals surface area contributed by atoms with Crippen LogP contribution >= 0.6 is 0 Å². The fourth-order valence-corrected chi connectivity index (χ4v) is 2.81. The van der Waals surface area contributed by atoms with Gasteiger partial charge in [-0.2, -0.15) is 0 Å². The standard InChI is InChI=1S/C15H25N3O/c1-4-19-14(10(2)3)15-17-12(9-13(16)18-15)11-7-5-6-8-11/h9-11,14H,4-8H2,1-3H3,(H2,16,17,18). The van der Waals surface area contributed by atoms with E-state index >= 15 is 0 Å². The lowest BCUT2D eigenvalue weighted by Gasteiger charge is -2.21. The van der Waals surface area contributed by atoms with Gasteiger partial charge in [0.25, 0.3) is 0 Å². The number of nitrogens with zero attached hydrogens (tertiary/aromatic N) is 2. The molecule has 0 saturated heterocycles. The summed E-state index contributed by atoms with van der Waals surface area (Å²) in [6.07, 6.45) is 4.97. The molecule has 4 heteroatoms. The molecular formula is C15H25N3O. The molecule has 0 aliphatic heterocycles. The van der Waals surface area contributed by atoms with Crippen molar-refractivity contribution in [1.82, 2.24) is 9.97 Å². The average molecular weight is 263 g/mol. The number of aromatic nitrogens is 2. The van der Waals surface area contributed by atoms with Gasteiger partial charge in [-0.25, -0.2) is 9.97 Å². The van der Waals surface area contributed by atoms with Crippen molar-refractivity contribution in [2.24, 2.45) is 5.92 Å². The van der Waals surface area contributed by atoms with E-state index in [0.29, 0.717) is 24.3 Å². The van der Waals surface area contributed by atoms with Crippen LogP contribution in [-0.4, -0.2) is 16.6 Å². The second-order valence-corrected chi connectivity index (χ2v) is 5.68. The SMILES string of the molecule is CCOC(c1nc(N)cc(C2CCCC2)n1)C(C)C. The van der Waals surface area contributed by atoms with Gasteiger partial charge in [-0.1, -0.05) is 26.7 Å². The van der Waals surface area contributed by atoms with Crippen LogP contribution in [0.4, 0.5) is 5.82 Å². The number of nitrogens with two attached hydrogens (primary N) is 1. The Kier molecular flexibility index (Phi) is 4.75. The zero-order chi connectivity index (χ0) is 13.8. The van der Waals surface area contributed by atoms with Crippen molar-refractivity contribution in [3.8, 4) is 0 Å². The highest BCUT2D eigenvalue weighted by molar-refractivity contribution is 5.32. The Balaban J connectivity index is 2.28. The summed E-state index contributed by atoms with van der Waals surface area (Å²) in [5.74, 6) is 2.22. The highest BCUT2D eigenvalue weighted by Gasteiger charge is 2.24. The third kappa shape index (κ3) is 3.44. The van der Waals surface area contributed by atoms with Crippen molar-refractivity contribution in [2.45, 2.75) is 58.5 Å². The van der Waals surface area contributed by atoms with Crippen LogP contribution in [0.1, 0.15) is 70.0 Å². The summed E-state index contributed by atoms with van der Waals surface area (Å²) in [6.45, 7) is 6.92. The number of ether oxygens (including phenoxy) is 1. The minimum absolute atomic E-state index is 0.0614. The molecule has 1 atom stereocenters. The molecule has 0 bridgehead atoms. The molecule has 0 aromatic carbocycles. The quantitative estimate of drug-likeness (QED) is 0.883. The zero-order valence-electron chi connectivity index (χ0n) is 12.2. The Morgan fingerprint density at radius 1 is 1.32 bits per heavy atom. The van der Waals surface area contributed by atoms with Crippen LogP contribution < -0.4 is 5.73 Å². The molecule has 1 aliphatic rings. The van der Waals surface area contributed by atoms with E-state index in [4.69, 9.17) is 15.5 Å². The van der Waals surface area contributed by atoms with E-state index in [1.54, 1.807) is 0 Å². The Labute approximate surface area is 115 Å². The maximum Gasteiger partial charge on any atom is 0.159 e. The molecule has 19 heavy (non-hydrogen) atoms. The monoisotopic (exact) mass is 263 g/mol. The van der Waals surface area contributed by atoms with E-state index in [-0.39, 0.29) is 6.10 Å². The first-order valence-corrected chi connectivity index (χ1v) is 7.37. The minimum atomic E-state index is -0.0614. The lowest BCUT2D eigenvalue weighted by Crippen LogP contribution is -2.17. The molecule has 0 spiro atoms. The number of hydrogen-bond donors (Lipinski definition) is 1. The Morgan fingerprint density at radius 3 is 2.58 bits per heavy atom. The predicted octanol–water partition coefficient (Wildman–Crippen LogP) is 3.45.